The Labute approximate surface area is 183 Å². The highest BCUT2D eigenvalue weighted by Gasteiger charge is 2.41. The van der Waals surface area contributed by atoms with E-state index in [0.29, 0.717) is 0 Å². The molecule has 10 nitrogen and oxygen atoms in total. The topological polar surface area (TPSA) is 140 Å². The highest BCUT2D eigenvalue weighted by molar-refractivity contribution is 6.22. The standard InChI is InChI=1S/C22H20N6O4/c1-12-8-9-15-16(10-12)19(30)28(18(15)29)13(2)20(31)32-11-17-25-21(23)27-22(26-17)24-14-6-4-3-5-7-14/h3-10,13H,11H2,1-2H3,(H3,23,24,25,26,27). The lowest BCUT2D eigenvalue weighted by Crippen LogP contribution is -2.43. The third-order valence-corrected chi connectivity index (χ3v) is 4.87. The number of aryl methyl sites for hydroxylation is 1. The van der Waals surface area contributed by atoms with Crippen LogP contribution in [-0.4, -0.2) is 43.7 Å². The van der Waals surface area contributed by atoms with Crippen molar-refractivity contribution in [2.45, 2.75) is 26.5 Å². The van der Waals surface area contributed by atoms with Crippen LogP contribution in [0.25, 0.3) is 0 Å². The van der Waals surface area contributed by atoms with Gasteiger partial charge in [-0.25, -0.2) is 4.79 Å². The van der Waals surface area contributed by atoms with Crippen molar-refractivity contribution in [1.82, 2.24) is 19.9 Å². The quantitative estimate of drug-likeness (QED) is 0.443. The third kappa shape index (κ3) is 4.10. The second-order valence-electron chi connectivity index (χ2n) is 7.24. The van der Waals surface area contributed by atoms with E-state index in [4.69, 9.17) is 10.5 Å². The van der Waals surface area contributed by atoms with E-state index in [0.717, 1.165) is 16.2 Å². The van der Waals surface area contributed by atoms with Crippen molar-refractivity contribution in [1.29, 1.82) is 0 Å². The van der Waals surface area contributed by atoms with Gasteiger partial charge in [0.2, 0.25) is 11.9 Å². The lowest BCUT2D eigenvalue weighted by molar-refractivity contribution is -0.149. The molecule has 1 aromatic heterocycles. The Morgan fingerprint density at radius 3 is 2.53 bits per heavy atom. The Bertz CT molecular complexity index is 1210. The number of nitrogens with one attached hydrogen (secondary N) is 1. The first kappa shape index (κ1) is 20.9. The normalized spacial score (nSPS) is 13.6. The van der Waals surface area contributed by atoms with Crippen LogP contribution in [0, 0.1) is 6.92 Å². The van der Waals surface area contributed by atoms with Gasteiger partial charge in [-0.1, -0.05) is 29.8 Å². The molecule has 2 amide bonds. The van der Waals surface area contributed by atoms with Crippen molar-refractivity contribution in [2.75, 3.05) is 11.1 Å². The smallest absolute Gasteiger partial charge is 0.329 e. The first-order valence-corrected chi connectivity index (χ1v) is 9.81. The molecule has 10 heteroatoms. The number of carbonyl (C=O) groups is 3. The van der Waals surface area contributed by atoms with Crippen LogP contribution < -0.4 is 11.1 Å². The van der Waals surface area contributed by atoms with Crippen LogP contribution in [0.3, 0.4) is 0 Å². The fourth-order valence-corrected chi connectivity index (χ4v) is 3.30. The Morgan fingerprint density at radius 1 is 1.06 bits per heavy atom. The maximum Gasteiger partial charge on any atom is 0.329 e. The van der Waals surface area contributed by atoms with Gasteiger partial charge in [-0.15, -0.1) is 0 Å². The van der Waals surface area contributed by atoms with Crippen molar-refractivity contribution in [2.24, 2.45) is 0 Å². The van der Waals surface area contributed by atoms with Gasteiger partial charge in [0.25, 0.3) is 11.8 Å². The number of ether oxygens (including phenoxy) is 1. The first-order valence-electron chi connectivity index (χ1n) is 9.81. The van der Waals surface area contributed by atoms with Crippen LogP contribution >= 0.6 is 0 Å². The number of nitrogen functional groups attached to an aromatic ring is 1. The average Bonchev–Trinajstić information content (AvgIpc) is 3.01. The van der Waals surface area contributed by atoms with Gasteiger partial charge < -0.3 is 15.8 Å². The molecule has 0 aliphatic carbocycles. The minimum atomic E-state index is -1.12. The van der Waals surface area contributed by atoms with Gasteiger partial charge in [-0.2, -0.15) is 15.0 Å². The molecule has 2 heterocycles. The summed E-state index contributed by atoms with van der Waals surface area (Å²) in [5, 5.41) is 2.99. The number of hydrogen-bond donors (Lipinski definition) is 2. The summed E-state index contributed by atoms with van der Waals surface area (Å²) in [6, 6.07) is 13.0. The highest BCUT2D eigenvalue weighted by atomic mass is 16.5. The van der Waals surface area contributed by atoms with Gasteiger partial charge in [0.05, 0.1) is 11.1 Å². The summed E-state index contributed by atoms with van der Waals surface area (Å²) in [4.78, 5) is 51.0. The van der Waals surface area contributed by atoms with Gasteiger partial charge in [0, 0.05) is 5.69 Å². The molecule has 0 bridgehead atoms. The lowest BCUT2D eigenvalue weighted by Gasteiger charge is -2.20. The first-order chi connectivity index (χ1) is 15.3. The highest BCUT2D eigenvalue weighted by Crippen LogP contribution is 2.26. The average molecular weight is 432 g/mol. The number of nitrogens with two attached hydrogens (primary N) is 1. The van der Waals surface area contributed by atoms with Crippen LogP contribution in [0.2, 0.25) is 0 Å². The van der Waals surface area contributed by atoms with Gasteiger partial charge in [-0.05, 0) is 38.1 Å². The van der Waals surface area contributed by atoms with E-state index < -0.39 is 23.8 Å². The van der Waals surface area contributed by atoms with Crippen molar-refractivity contribution < 1.29 is 19.1 Å². The molecule has 1 aliphatic rings. The maximum absolute atomic E-state index is 12.7. The molecule has 0 radical (unpaired) electrons. The Balaban J connectivity index is 1.44. The molecule has 3 N–H and O–H groups in total. The predicted octanol–water partition coefficient (Wildman–Crippen LogP) is 2.23. The molecular weight excluding hydrogens is 412 g/mol. The number of nitrogens with zero attached hydrogens (tertiary/aromatic N) is 4. The van der Waals surface area contributed by atoms with E-state index in [1.165, 1.54) is 6.92 Å². The summed E-state index contributed by atoms with van der Waals surface area (Å²) in [6.45, 7) is 2.95. The van der Waals surface area contributed by atoms with Crippen molar-refractivity contribution in [3.05, 3.63) is 71.0 Å². The van der Waals surface area contributed by atoms with Crippen LogP contribution in [0.1, 0.15) is 39.0 Å². The maximum atomic E-state index is 12.7. The van der Waals surface area contributed by atoms with Crippen LogP contribution in [0.4, 0.5) is 17.6 Å². The fourth-order valence-electron chi connectivity index (χ4n) is 3.30. The Morgan fingerprint density at radius 2 is 1.78 bits per heavy atom. The number of aromatic nitrogens is 3. The van der Waals surface area contributed by atoms with Gasteiger partial charge in [-0.3, -0.25) is 14.5 Å². The molecule has 0 saturated heterocycles. The summed E-state index contributed by atoms with van der Waals surface area (Å²) in [5.74, 6) is -1.57. The number of fused-ring (bicyclic) bond motifs is 1. The van der Waals surface area contributed by atoms with E-state index >= 15 is 0 Å². The largest absolute Gasteiger partial charge is 0.456 e. The minimum Gasteiger partial charge on any atom is -0.456 e. The summed E-state index contributed by atoms with van der Waals surface area (Å²) in [5.41, 5.74) is 7.86. The fraction of sp³-hybridized carbons (Fsp3) is 0.182. The second-order valence-corrected chi connectivity index (χ2v) is 7.24. The summed E-state index contributed by atoms with van der Waals surface area (Å²) < 4.78 is 5.26. The zero-order chi connectivity index (χ0) is 22.8. The van der Waals surface area contributed by atoms with Crippen LogP contribution in [0.5, 0.6) is 0 Å². The molecule has 0 spiro atoms. The van der Waals surface area contributed by atoms with Gasteiger partial charge >= 0.3 is 5.97 Å². The number of benzene rings is 2. The van der Waals surface area contributed by atoms with E-state index in [9.17, 15) is 14.4 Å². The molecule has 32 heavy (non-hydrogen) atoms. The summed E-state index contributed by atoms with van der Waals surface area (Å²) >= 11 is 0. The number of amides is 2. The zero-order valence-corrected chi connectivity index (χ0v) is 17.4. The molecule has 1 aliphatic heterocycles. The molecule has 162 valence electrons. The number of anilines is 3. The molecule has 0 saturated carbocycles. The van der Waals surface area contributed by atoms with E-state index in [2.05, 4.69) is 20.3 Å². The SMILES string of the molecule is Cc1ccc2c(c1)C(=O)N(C(C)C(=O)OCc1nc(N)nc(Nc3ccccc3)n1)C2=O. The van der Waals surface area contributed by atoms with Gasteiger partial charge in [0.15, 0.2) is 12.4 Å². The van der Waals surface area contributed by atoms with E-state index in [-0.39, 0.29) is 35.5 Å². The number of esters is 1. The van der Waals surface area contributed by atoms with Gasteiger partial charge in [0.1, 0.15) is 6.04 Å². The summed E-state index contributed by atoms with van der Waals surface area (Å²) in [7, 11) is 0. The van der Waals surface area contributed by atoms with Crippen molar-refractivity contribution >= 4 is 35.4 Å². The number of hydrogen-bond acceptors (Lipinski definition) is 9. The van der Waals surface area contributed by atoms with E-state index in [1.54, 1.807) is 18.2 Å². The monoisotopic (exact) mass is 432 g/mol. The number of carbonyl (C=O) groups excluding carboxylic acids is 3. The predicted molar refractivity (Wildman–Crippen MR) is 115 cm³/mol. The molecule has 4 rings (SSSR count). The second kappa shape index (κ2) is 8.42. The minimum absolute atomic E-state index is 0.0479. The number of para-hydroxylation sites is 1. The Hall–Kier alpha value is -4.34. The number of imide groups is 1. The van der Waals surface area contributed by atoms with Crippen LogP contribution in [0.15, 0.2) is 48.5 Å². The molecule has 2 aromatic carbocycles. The number of rotatable bonds is 6. The molecule has 0 fully saturated rings. The lowest BCUT2D eigenvalue weighted by atomic mass is 10.1. The molecule has 1 atom stereocenters. The zero-order valence-electron chi connectivity index (χ0n) is 17.4. The molecule has 1 unspecified atom stereocenters. The van der Waals surface area contributed by atoms with Crippen molar-refractivity contribution in [3.8, 4) is 0 Å². The van der Waals surface area contributed by atoms with Crippen molar-refractivity contribution in [3.63, 3.8) is 0 Å². The molecule has 3 aromatic rings. The third-order valence-electron chi connectivity index (χ3n) is 4.87. The summed E-state index contributed by atoms with van der Waals surface area (Å²) in [6.07, 6.45) is 0. The Kier molecular flexibility index (Phi) is 5.50. The molecular formula is C22H20N6O4. The van der Waals surface area contributed by atoms with E-state index in [1.807, 2.05) is 37.3 Å². The van der Waals surface area contributed by atoms with Crippen LogP contribution in [-0.2, 0) is 16.1 Å².